The quantitative estimate of drug-likeness (QED) is 0.910. The van der Waals surface area contributed by atoms with Crippen molar-refractivity contribution >= 4 is 21.8 Å². The molecule has 1 unspecified atom stereocenters. The van der Waals surface area contributed by atoms with Crippen LogP contribution < -0.4 is 5.32 Å². The highest BCUT2D eigenvalue weighted by Gasteiger charge is 2.23. The summed E-state index contributed by atoms with van der Waals surface area (Å²) in [4.78, 5) is 14.4. The molecule has 1 saturated heterocycles. The van der Waals surface area contributed by atoms with E-state index in [4.69, 9.17) is 0 Å². The van der Waals surface area contributed by atoms with Gasteiger partial charge in [0.1, 0.15) is 0 Å². The molecule has 1 aromatic rings. The van der Waals surface area contributed by atoms with Crippen molar-refractivity contribution < 1.29 is 4.79 Å². The molecular weight excluding hydrogens is 292 g/mol. The second-order valence-electron chi connectivity index (χ2n) is 4.84. The molecule has 98 valence electrons. The van der Waals surface area contributed by atoms with E-state index in [0.717, 1.165) is 41.5 Å². The summed E-state index contributed by atoms with van der Waals surface area (Å²) in [5, 5.41) is 3.26. The second kappa shape index (κ2) is 5.85. The second-order valence-corrected chi connectivity index (χ2v) is 5.70. The molecule has 1 heterocycles. The first-order valence-electron chi connectivity index (χ1n) is 6.34. The Morgan fingerprint density at radius 3 is 2.94 bits per heavy atom. The fraction of sp³-hybridized carbons (Fsp3) is 0.500. The third-order valence-corrected chi connectivity index (χ3v) is 4.41. The van der Waals surface area contributed by atoms with Crippen molar-refractivity contribution in [3.63, 3.8) is 0 Å². The fourth-order valence-corrected chi connectivity index (χ4v) is 2.60. The van der Waals surface area contributed by atoms with Crippen LogP contribution in [0.5, 0.6) is 0 Å². The molecule has 1 atom stereocenters. The summed E-state index contributed by atoms with van der Waals surface area (Å²) in [5.74, 6) is 0.144. The molecule has 0 radical (unpaired) electrons. The standard InChI is InChI=1S/C14H19BrN2O/c1-10-8-11(5-6-13(10)15)14(18)17-7-3-4-12(9-17)16-2/h5-6,8,12,16H,3-4,7,9H2,1-2H3. The number of halogens is 1. The van der Waals surface area contributed by atoms with E-state index < -0.39 is 0 Å². The van der Waals surface area contributed by atoms with E-state index in [0.29, 0.717) is 6.04 Å². The van der Waals surface area contributed by atoms with Gasteiger partial charge in [-0.3, -0.25) is 4.79 Å². The number of nitrogens with one attached hydrogen (secondary N) is 1. The van der Waals surface area contributed by atoms with Crippen LogP contribution in [0, 0.1) is 6.92 Å². The first-order valence-corrected chi connectivity index (χ1v) is 7.14. The van der Waals surface area contributed by atoms with E-state index in [1.165, 1.54) is 0 Å². The molecule has 1 N–H and O–H groups in total. The van der Waals surface area contributed by atoms with Gasteiger partial charge < -0.3 is 10.2 Å². The number of likely N-dealkylation sites (tertiary alicyclic amines) is 1. The van der Waals surface area contributed by atoms with Crippen LogP contribution in [0.3, 0.4) is 0 Å². The van der Waals surface area contributed by atoms with Crippen molar-refractivity contribution in [2.24, 2.45) is 0 Å². The lowest BCUT2D eigenvalue weighted by Gasteiger charge is -2.32. The van der Waals surface area contributed by atoms with Crippen molar-refractivity contribution in [3.8, 4) is 0 Å². The van der Waals surface area contributed by atoms with Gasteiger partial charge in [0, 0.05) is 29.2 Å². The Balaban J connectivity index is 2.12. The molecule has 1 amide bonds. The Bertz CT molecular complexity index is 447. The number of carbonyl (C=O) groups excluding carboxylic acids is 1. The lowest BCUT2D eigenvalue weighted by molar-refractivity contribution is 0.0698. The average Bonchev–Trinajstić information content (AvgIpc) is 2.41. The summed E-state index contributed by atoms with van der Waals surface area (Å²) in [7, 11) is 1.96. The van der Waals surface area contributed by atoms with E-state index in [9.17, 15) is 4.79 Å². The predicted molar refractivity (Wildman–Crippen MR) is 76.9 cm³/mol. The van der Waals surface area contributed by atoms with Crippen molar-refractivity contribution in [1.29, 1.82) is 0 Å². The van der Waals surface area contributed by atoms with Crippen LogP contribution in [0.4, 0.5) is 0 Å². The third kappa shape index (κ3) is 2.93. The van der Waals surface area contributed by atoms with Gasteiger partial charge in [0.15, 0.2) is 0 Å². The molecule has 0 aliphatic carbocycles. The predicted octanol–water partition coefficient (Wildman–Crippen LogP) is 2.58. The molecule has 0 saturated carbocycles. The lowest BCUT2D eigenvalue weighted by Crippen LogP contribution is -2.46. The Labute approximate surface area is 117 Å². The van der Waals surface area contributed by atoms with Gasteiger partial charge in [0.25, 0.3) is 5.91 Å². The van der Waals surface area contributed by atoms with E-state index in [1.807, 2.05) is 37.1 Å². The fourth-order valence-electron chi connectivity index (χ4n) is 2.36. The Morgan fingerprint density at radius 2 is 2.28 bits per heavy atom. The van der Waals surface area contributed by atoms with Gasteiger partial charge in [-0.15, -0.1) is 0 Å². The van der Waals surface area contributed by atoms with Crippen LogP contribution in [0.1, 0.15) is 28.8 Å². The maximum absolute atomic E-state index is 12.4. The van der Waals surface area contributed by atoms with Gasteiger partial charge in [-0.2, -0.15) is 0 Å². The zero-order chi connectivity index (χ0) is 13.1. The number of amides is 1. The Morgan fingerprint density at radius 1 is 1.50 bits per heavy atom. The zero-order valence-electron chi connectivity index (χ0n) is 10.9. The van der Waals surface area contributed by atoms with Crippen LogP contribution in [0.25, 0.3) is 0 Å². The van der Waals surface area contributed by atoms with Crippen LogP contribution in [-0.4, -0.2) is 37.0 Å². The summed E-state index contributed by atoms with van der Waals surface area (Å²) < 4.78 is 1.05. The van der Waals surface area contributed by atoms with Crippen molar-refractivity contribution in [1.82, 2.24) is 10.2 Å². The zero-order valence-corrected chi connectivity index (χ0v) is 12.5. The normalized spacial score (nSPS) is 19.9. The summed E-state index contributed by atoms with van der Waals surface area (Å²) in [5.41, 5.74) is 1.88. The molecule has 1 aliphatic rings. The molecule has 0 spiro atoms. The maximum Gasteiger partial charge on any atom is 0.253 e. The maximum atomic E-state index is 12.4. The number of rotatable bonds is 2. The molecule has 1 aliphatic heterocycles. The molecule has 18 heavy (non-hydrogen) atoms. The highest BCUT2D eigenvalue weighted by Crippen LogP contribution is 2.19. The van der Waals surface area contributed by atoms with Gasteiger partial charge in [-0.25, -0.2) is 0 Å². The Kier molecular flexibility index (Phi) is 4.40. The first kappa shape index (κ1) is 13.6. The van der Waals surface area contributed by atoms with E-state index in [2.05, 4.69) is 21.2 Å². The molecule has 0 bridgehead atoms. The molecule has 0 aromatic heterocycles. The van der Waals surface area contributed by atoms with Crippen LogP contribution in [-0.2, 0) is 0 Å². The molecule has 3 nitrogen and oxygen atoms in total. The number of piperidine rings is 1. The average molecular weight is 311 g/mol. The monoisotopic (exact) mass is 310 g/mol. The minimum Gasteiger partial charge on any atom is -0.337 e. The van der Waals surface area contributed by atoms with E-state index >= 15 is 0 Å². The molecule has 4 heteroatoms. The van der Waals surface area contributed by atoms with Gasteiger partial charge in [-0.1, -0.05) is 15.9 Å². The van der Waals surface area contributed by atoms with Gasteiger partial charge in [-0.05, 0) is 50.6 Å². The van der Waals surface area contributed by atoms with Crippen molar-refractivity contribution in [2.75, 3.05) is 20.1 Å². The number of hydrogen-bond donors (Lipinski definition) is 1. The van der Waals surface area contributed by atoms with Gasteiger partial charge in [0.2, 0.25) is 0 Å². The highest BCUT2D eigenvalue weighted by molar-refractivity contribution is 9.10. The summed E-state index contributed by atoms with van der Waals surface area (Å²) in [6, 6.07) is 6.22. The van der Waals surface area contributed by atoms with Crippen LogP contribution in [0.2, 0.25) is 0 Å². The summed E-state index contributed by atoms with van der Waals surface area (Å²) >= 11 is 3.46. The SMILES string of the molecule is CNC1CCCN(C(=O)c2ccc(Br)c(C)c2)C1. The molecule has 1 aromatic carbocycles. The first-order chi connectivity index (χ1) is 8.61. The van der Waals surface area contributed by atoms with Crippen LogP contribution >= 0.6 is 15.9 Å². The van der Waals surface area contributed by atoms with Crippen molar-refractivity contribution in [2.45, 2.75) is 25.8 Å². The summed E-state index contributed by atoms with van der Waals surface area (Å²) in [6.45, 7) is 3.68. The largest absolute Gasteiger partial charge is 0.337 e. The third-order valence-electron chi connectivity index (χ3n) is 3.52. The highest BCUT2D eigenvalue weighted by atomic mass is 79.9. The number of nitrogens with zero attached hydrogens (tertiary/aromatic N) is 1. The smallest absolute Gasteiger partial charge is 0.253 e. The lowest BCUT2D eigenvalue weighted by atomic mass is 10.0. The van der Waals surface area contributed by atoms with Gasteiger partial charge >= 0.3 is 0 Å². The molecule has 2 rings (SSSR count). The van der Waals surface area contributed by atoms with Gasteiger partial charge in [0.05, 0.1) is 0 Å². The minimum absolute atomic E-state index is 0.144. The number of hydrogen-bond acceptors (Lipinski definition) is 2. The Hall–Kier alpha value is -0.870. The number of benzene rings is 1. The summed E-state index contributed by atoms with van der Waals surface area (Å²) in [6.07, 6.45) is 2.23. The number of likely N-dealkylation sites (N-methyl/N-ethyl adjacent to an activating group) is 1. The van der Waals surface area contributed by atoms with E-state index in [-0.39, 0.29) is 5.91 Å². The topological polar surface area (TPSA) is 32.3 Å². The number of carbonyl (C=O) groups is 1. The van der Waals surface area contributed by atoms with Crippen molar-refractivity contribution in [3.05, 3.63) is 33.8 Å². The van der Waals surface area contributed by atoms with E-state index in [1.54, 1.807) is 0 Å². The van der Waals surface area contributed by atoms with Crippen LogP contribution in [0.15, 0.2) is 22.7 Å². The molecule has 1 fully saturated rings. The molecular formula is C14H19BrN2O. The minimum atomic E-state index is 0.144. The number of aryl methyl sites for hydroxylation is 1.